The number of amides is 1. The van der Waals surface area contributed by atoms with Crippen molar-refractivity contribution in [2.24, 2.45) is 0 Å². The monoisotopic (exact) mass is 392 g/mol. The lowest BCUT2D eigenvalue weighted by Crippen LogP contribution is -2.27. The number of anilines is 1. The standard InChI is InChI=1S/C19H24N2O5S/c1-5-27(23,24)21-15-8-6-14(7-9-15)19(22)20-13(2)17-12-16(25-3)10-11-18(17)26-4/h6-13,21H,5H2,1-4H3,(H,20,22). The van der Waals surface area contributed by atoms with Crippen molar-refractivity contribution >= 4 is 21.6 Å². The number of carbonyl (C=O) groups excluding carboxylic acids is 1. The molecule has 0 spiro atoms. The van der Waals surface area contributed by atoms with Gasteiger partial charge in [0, 0.05) is 16.8 Å². The minimum atomic E-state index is -3.35. The normalized spacial score (nSPS) is 12.1. The highest BCUT2D eigenvalue weighted by atomic mass is 32.2. The van der Waals surface area contributed by atoms with Crippen molar-refractivity contribution in [3.8, 4) is 11.5 Å². The molecule has 0 bridgehead atoms. The molecule has 0 aromatic heterocycles. The average molecular weight is 392 g/mol. The lowest BCUT2D eigenvalue weighted by Gasteiger charge is -2.18. The molecular formula is C19H24N2O5S. The first kappa shape index (κ1) is 20.6. The maximum atomic E-state index is 12.5. The number of ether oxygens (including phenoxy) is 2. The molecule has 2 rings (SSSR count). The fourth-order valence-corrected chi connectivity index (χ4v) is 3.12. The van der Waals surface area contributed by atoms with E-state index in [9.17, 15) is 13.2 Å². The van der Waals surface area contributed by atoms with E-state index in [1.165, 1.54) is 0 Å². The predicted octanol–water partition coefficient (Wildman–Crippen LogP) is 2.96. The molecule has 0 aliphatic carbocycles. The molecule has 7 nitrogen and oxygen atoms in total. The summed E-state index contributed by atoms with van der Waals surface area (Å²) in [5, 5.41) is 2.90. The Labute approximate surface area is 159 Å². The van der Waals surface area contributed by atoms with Crippen LogP contribution in [0.2, 0.25) is 0 Å². The lowest BCUT2D eigenvalue weighted by molar-refractivity contribution is 0.0939. The minimum absolute atomic E-state index is 0.0187. The molecule has 2 aromatic carbocycles. The van der Waals surface area contributed by atoms with Crippen LogP contribution < -0.4 is 19.5 Å². The van der Waals surface area contributed by atoms with E-state index >= 15 is 0 Å². The summed E-state index contributed by atoms with van der Waals surface area (Å²) in [6.07, 6.45) is 0. The Kier molecular flexibility index (Phi) is 6.68. The summed E-state index contributed by atoms with van der Waals surface area (Å²) in [7, 11) is -0.213. The van der Waals surface area contributed by atoms with Crippen molar-refractivity contribution in [3.63, 3.8) is 0 Å². The zero-order valence-corrected chi connectivity index (χ0v) is 16.6. The zero-order chi connectivity index (χ0) is 20.0. The van der Waals surface area contributed by atoms with Gasteiger partial charge in [-0.1, -0.05) is 0 Å². The number of nitrogens with one attached hydrogen (secondary N) is 2. The highest BCUT2D eigenvalue weighted by Gasteiger charge is 2.16. The first-order chi connectivity index (χ1) is 12.8. The summed E-state index contributed by atoms with van der Waals surface area (Å²) in [6, 6.07) is 11.3. The van der Waals surface area contributed by atoms with Crippen LogP contribution in [-0.4, -0.2) is 34.3 Å². The number of methoxy groups -OCH3 is 2. The summed E-state index contributed by atoms with van der Waals surface area (Å²) in [5.41, 5.74) is 1.62. The van der Waals surface area contributed by atoms with Crippen molar-refractivity contribution in [2.45, 2.75) is 19.9 Å². The largest absolute Gasteiger partial charge is 0.497 e. The average Bonchev–Trinajstić information content (AvgIpc) is 2.67. The van der Waals surface area contributed by atoms with Gasteiger partial charge in [-0.05, 0) is 56.3 Å². The third-order valence-corrected chi connectivity index (χ3v) is 5.36. The van der Waals surface area contributed by atoms with Gasteiger partial charge in [-0.25, -0.2) is 8.42 Å². The van der Waals surface area contributed by atoms with Crippen molar-refractivity contribution in [2.75, 3.05) is 24.7 Å². The molecule has 2 aromatic rings. The highest BCUT2D eigenvalue weighted by molar-refractivity contribution is 7.92. The Bertz CT molecular complexity index is 895. The maximum Gasteiger partial charge on any atom is 0.251 e. The molecule has 1 unspecified atom stereocenters. The van der Waals surface area contributed by atoms with Gasteiger partial charge >= 0.3 is 0 Å². The SMILES string of the molecule is CCS(=O)(=O)Nc1ccc(C(=O)NC(C)c2cc(OC)ccc2OC)cc1. The van der Waals surface area contributed by atoms with Gasteiger partial charge in [-0.2, -0.15) is 0 Å². The van der Waals surface area contributed by atoms with Crippen LogP contribution in [-0.2, 0) is 10.0 Å². The van der Waals surface area contributed by atoms with Crippen molar-refractivity contribution < 1.29 is 22.7 Å². The molecule has 0 aliphatic rings. The third-order valence-electron chi connectivity index (χ3n) is 4.05. The molecule has 27 heavy (non-hydrogen) atoms. The van der Waals surface area contributed by atoms with Gasteiger partial charge in [0.1, 0.15) is 11.5 Å². The quantitative estimate of drug-likeness (QED) is 0.720. The summed E-state index contributed by atoms with van der Waals surface area (Å²) in [4.78, 5) is 12.5. The van der Waals surface area contributed by atoms with Gasteiger partial charge in [-0.15, -0.1) is 0 Å². The molecule has 8 heteroatoms. The number of rotatable bonds is 8. The van der Waals surface area contributed by atoms with E-state index < -0.39 is 10.0 Å². The molecule has 2 N–H and O–H groups in total. The molecule has 0 fully saturated rings. The van der Waals surface area contributed by atoms with Crippen molar-refractivity contribution in [1.29, 1.82) is 0 Å². The first-order valence-electron chi connectivity index (χ1n) is 8.43. The van der Waals surface area contributed by atoms with Crippen LogP contribution in [0.4, 0.5) is 5.69 Å². The molecular weight excluding hydrogens is 368 g/mol. The second kappa shape index (κ2) is 8.77. The molecule has 1 atom stereocenters. The number of hydrogen-bond acceptors (Lipinski definition) is 5. The Morgan fingerprint density at radius 1 is 1.07 bits per heavy atom. The van der Waals surface area contributed by atoms with Gasteiger partial charge in [0.2, 0.25) is 10.0 Å². The van der Waals surface area contributed by atoms with Crippen LogP contribution in [0.1, 0.15) is 35.8 Å². The van der Waals surface area contributed by atoms with Gasteiger partial charge in [0.25, 0.3) is 5.91 Å². The van der Waals surface area contributed by atoms with Crippen LogP contribution in [0.5, 0.6) is 11.5 Å². The van der Waals surface area contributed by atoms with E-state index in [0.29, 0.717) is 22.7 Å². The Morgan fingerprint density at radius 2 is 1.74 bits per heavy atom. The van der Waals surface area contributed by atoms with E-state index in [4.69, 9.17) is 9.47 Å². The van der Waals surface area contributed by atoms with Gasteiger partial charge < -0.3 is 14.8 Å². The minimum Gasteiger partial charge on any atom is -0.497 e. The second-order valence-corrected chi connectivity index (χ2v) is 7.90. The summed E-state index contributed by atoms with van der Waals surface area (Å²) < 4.78 is 36.2. The predicted molar refractivity (Wildman–Crippen MR) is 105 cm³/mol. The third kappa shape index (κ3) is 5.37. The van der Waals surface area contributed by atoms with E-state index in [-0.39, 0.29) is 17.7 Å². The van der Waals surface area contributed by atoms with E-state index in [1.807, 2.05) is 13.0 Å². The molecule has 0 saturated heterocycles. The number of sulfonamides is 1. The van der Waals surface area contributed by atoms with Gasteiger partial charge in [0.15, 0.2) is 0 Å². The zero-order valence-electron chi connectivity index (χ0n) is 15.8. The smallest absolute Gasteiger partial charge is 0.251 e. The Hall–Kier alpha value is -2.74. The number of carbonyl (C=O) groups is 1. The van der Waals surface area contributed by atoms with Crippen molar-refractivity contribution in [1.82, 2.24) is 5.32 Å². The number of benzene rings is 2. The highest BCUT2D eigenvalue weighted by Crippen LogP contribution is 2.29. The maximum absolute atomic E-state index is 12.5. The molecule has 0 radical (unpaired) electrons. The molecule has 0 aliphatic heterocycles. The topological polar surface area (TPSA) is 93.7 Å². The van der Waals surface area contributed by atoms with Crippen LogP contribution in [0.15, 0.2) is 42.5 Å². The first-order valence-corrected chi connectivity index (χ1v) is 10.1. The molecule has 0 heterocycles. The van der Waals surface area contributed by atoms with Gasteiger partial charge in [0.05, 0.1) is 26.0 Å². The van der Waals surface area contributed by atoms with Crippen LogP contribution in [0.3, 0.4) is 0 Å². The fourth-order valence-electron chi connectivity index (χ4n) is 2.48. The van der Waals surface area contributed by atoms with Crippen LogP contribution in [0.25, 0.3) is 0 Å². The van der Waals surface area contributed by atoms with Crippen LogP contribution >= 0.6 is 0 Å². The van der Waals surface area contributed by atoms with E-state index in [0.717, 1.165) is 5.56 Å². The van der Waals surface area contributed by atoms with E-state index in [1.54, 1.807) is 57.5 Å². The summed E-state index contributed by atoms with van der Waals surface area (Å²) >= 11 is 0. The Balaban J connectivity index is 2.13. The van der Waals surface area contributed by atoms with Gasteiger partial charge in [-0.3, -0.25) is 9.52 Å². The van der Waals surface area contributed by atoms with Crippen molar-refractivity contribution in [3.05, 3.63) is 53.6 Å². The lowest BCUT2D eigenvalue weighted by atomic mass is 10.1. The second-order valence-electron chi connectivity index (χ2n) is 5.89. The fraction of sp³-hybridized carbons (Fsp3) is 0.316. The number of hydrogen-bond donors (Lipinski definition) is 2. The summed E-state index contributed by atoms with van der Waals surface area (Å²) in [5.74, 6) is 1.01. The molecule has 1 amide bonds. The molecule has 0 saturated carbocycles. The molecule has 146 valence electrons. The summed E-state index contributed by atoms with van der Waals surface area (Å²) in [6.45, 7) is 3.40. The Morgan fingerprint density at radius 3 is 2.30 bits per heavy atom. The van der Waals surface area contributed by atoms with Crippen LogP contribution in [0, 0.1) is 0 Å². The van der Waals surface area contributed by atoms with E-state index in [2.05, 4.69) is 10.0 Å².